The second-order valence-corrected chi connectivity index (χ2v) is 10.7. The Hall–Kier alpha value is -1.72. The number of para-hydroxylation sites is 1. The molecule has 0 saturated heterocycles. The van der Waals surface area contributed by atoms with Gasteiger partial charge in [-0.2, -0.15) is 0 Å². The van der Waals surface area contributed by atoms with Crippen LogP contribution in [0.15, 0.2) is 35.7 Å². The normalized spacial score (nSPS) is 31.5. The molecule has 4 saturated carbocycles. The maximum atomic E-state index is 13.4. The van der Waals surface area contributed by atoms with Crippen LogP contribution >= 0.6 is 22.7 Å². The average Bonchev–Trinajstić information content (AvgIpc) is 3.26. The topological polar surface area (TPSA) is 42.0 Å². The van der Waals surface area contributed by atoms with Gasteiger partial charge in [-0.05, 0) is 79.9 Å². The molecular formula is C22H22N2OS2. The minimum absolute atomic E-state index is 0.108. The zero-order valence-corrected chi connectivity index (χ0v) is 16.7. The van der Waals surface area contributed by atoms with Crippen LogP contribution in [-0.2, 0) is 4.79 Å². The van der Waals surface area contributed by atoms with Crippen molar-refractivity contribution in [2.45, 2.75) is 38.5 Å². The molecule has 0 unspecified atom stereocenters. The summed E-state index contributed by atoms with van der Waals surface area (Å²) in [6.45, 7) is 0. The van der Waals surface area contributed by atoms with Gasteiger partial charge in [0.15, 0.2) is 0 Å². The first-order valence-electron chi connectivity index (χ1n) is 9.93. The molecule has 138 valence electrons. The zero-order chi connectivity index (χ0) is 18.0. The maximum Gasteiger partial charge on any atom is 0.231 e. The van der Waals surface area contributed by atoms with Gasteiger partial charge in [-0.25, -0.2) is 4.98 Å². The highest BCUT2D eigenvalue weighted by atomic mass is 32.1. The summed E-state index contributed by atoms with van der Waals surface area (Å²) in [5, 5.41) is 7.37. The lowest BCUT2D eigenvalue weighted by atomic mass is 9.49. The first-order chi connectivity index (χ1) is 13.2. The van der Waals surface area contributed by atoms with Crippen molar-refractivity contribution in [2.24, 2.45) is 23.2 Å². The molecule has 0 aliphatic heterocycles. The smallest absolute Gasteiger partial charge is 0.231 e. The Morgan fingerprint density at radius 2 is 1.74 bits per heavy atom. The number of anilines is 1. The second-order valence-electron chi connectivity index (χ2n) is 8.80. The van der Waals surface area contributed by atoms with Gasteiger partial charge in [-0.3, -0.25) is 4.79 Å². The highest BCUT2D eigenvalue weighted by molar-refractivity contribution is 7.22. The molecule has 4 aliphatic carbocycles. The Labute approximate surface area is 166 Å². The third-order valence-corrected chi connectivity index (χ3v) is 8.84. The number of thiazole rings is 1. The molecule has 2 heterocycles. The minimum atomic E-state index is -0.108. The summed E-state index contributed by atoms with van der Waals surface area (Å²) in [4.78, 5) is 18.2. The third kappa shape index (κ3) is 2.59. The van der Waals surface area contributed by atoms with Gasteiger partial charge in [-0.15, -0.1) is 22.7 Å². The van der Waals surface area contributed by atoms with Crippen LogP contribution in [0, 0.1) is 23.2 Å². The first kappa shape index (κ1) is 16.3. The van der Waals surface area contributed by atoms with E-state index in [9.17, 15) is 4.79 Å². The molecule has 7 rings (SSSR count). The SMILES string of the molecule is O=C(Nc1sccc1-c1nc2ccccc2s1)C12CC3CC(CC(C3)C1)C2. The number of carbonyl (C=O) groups is 1. The predicted octanol–water partition coefficient (Wildman–Crippen LogP) is 6.18. The number of fused-ring (bicyclic) bond motifs is 1. The summed E-state index contributed by atoms with van der Waals surface area (Å²) in [7, 11) is 0. The second kappa shape index (κ2) is 5.89. The van der Waals surface area contributed by atoms with Crippen LogP contribution in [-0.4, -0.2) is 10.9 Å². The van der Waals surface area contributed by atoms with Crippen molar-refractivity contribution >= 4 is 43.8 Å². The van der Waals surface area contributed by atoms with Crippen molar-refractivity contribution in [2.75, 3.05) is 5.32 Å². The number of carbonyl (C=O) groups excluding carboxylic acids is 1. The Morgan fingerprint density at radius 3 is 2.44 bits per heavy atom. The van der Waals surface area contributed by atoms with Crippen LogP contribution in [0.1, 0.15) is 38.5 Å². The van der Waals surface area contributed by atoms with Gasteiger partial charge in [0.1, 0.15) is 10.0 Å². The highest BCUT2D eigenvalue weighted by Gasteiger charge is 2.54. The van der Waals surface area contributed by atoms with Crippen molar-refractivity contribution < 1.29 is 4.79 Å². The van der Waals surface area contributed by atoms with E-state index in [1.807, 2.05) is 12.1 Å². The average molecular weight is 395 g/mol. The first-order valence-corrected chi connectivity index (χ1v) is 11.6. The monoisotopic (exact) mass is 394 g/mol. The van der Waals surface area contributed by atoms with E-state index in [0.29, 0.717) is 0 Å². The van der Waals surface area contributed by atoms with E-state index in [2.05, 4.69) is 28.9 Å². The number of hydrogen-bond donors (Lipinski definition) is 1. The molecule has 1 aromatic carbocycles. The van der Waals surface area contributed by atoms with Gasteiger partial charge in [0, 0.05) is 5.56 Å². The fraction of sp³-hybridized carbons (Fsp3) is 0.455. The Kier molecular flexibility index (Phi) is 3.54. The minimum Gasteiger partial charge on any atom is -0.317 e. The molecule has 3 nitrogen and oxygen atoms in total. The number of benzene rings is 1. The summed E-state index contributed by atoms with van der Waals surface area (Å²) in [6, 6.07) is 10.3. The fourth-order valence-electron chi connectivity index (χ4n) is 6.19. The van der Waals surface area contributed by atoms with Gasteiger partial charge in [0.2, 0.25) is 5.91 Å². The standard InChI is InChI=1S/C22H22N2OS2/c25-21(22-10-13-7-14(11-22)9-15(8-13)12-22)24-19-16(5-6-26-19)20-23-17-3-1-2-4-18(17)27-20/h1-6,13-15H,7-12H2,(H,24,25). The van der Waals surface area contributed by atoms with Gasteiger partial charge in [0.25, 0.3) is 0 Å². The fourth-order valence-corrected chi connectivity index (χ4v) is 8.03. The molecule has 2 aromatic heterocycles. The Bertz CT molecular complexity index is 966. The lowest BCUT2D eigenvalue weighted by Gasteiger charge is -2.55. The molecule has 4 fully saturated rings. The molecule has 4 bridgehead atoms. The predicted molar refractivity (Wildman–Crippen MR) is 112 cm³/mol. The van der Waals surface area contributed by atoms with Crippen molar-refractivity contribution in [3.63, 3.8) is 0 Å². The number of hydrogen-bond acceptors (Lipinski definition) is 4. The molecule has 27 heavy (non-hydrogen) atoms. The maximum absolute atomic E-state index is 13.4. The number of amides is 1. The van der Waals surface area contributed by atoms with Crippen molar-refractivity contribution in [1.29, 1.82) is 0 Å². The quantitative estimate of drug-likeness (QED) is 0.576. The van der Waals surface area contributed by atoms with Crippen LogP contribution in [0.2, 0.25) is 0 Å². The van der Waals surface area contributed by atoms with Crippen LogP contribution in [0.5, 0.6) is 0 Å². The van der Waals surface area contributed by atoms with E-state index < -0.39 is 0 Å². The number of nitrogens with one attached hydrogen (secondary N) is 1. The summed E-state index contributed by atoms with van der Waals surface area (Å²) >= 11 is 3.32. The van der Waals surface area contributed by atoms with E-state index >= 15 is 0 Å². The number of aromatic nitrogens is 1. The summed E-state index contributed by atoms with van der Waals surface area (Å²) in [6.07, 6.45) is 7.40. The lowest BCUT2D eigenvalue weighted by molar-refractivity contribution is -0.140. The van der Waals surface area contributed by atoms with Crippen molar-refractivity contribution in [3.05, 3.63) is 35.7 Å². The van der Waals surface area contributed by atoms with Gasteiger partial charge >= 0.3 is 0 Å². The summed E-state index contributed by atoms with van der Waals surface area (Å²) in [5.74, 6) is 2.63. The molecule has 1 amide bonds. The van der Waals surface area contributed by atoms with E-state index in [1.54, 1.807) is 22.7 Å². The van der Waals surface area contributed by atoms with Crippen LogP contribution in [0.25, 0.3) is 20.8 Å². The molecular weight excluding hydrogens is 372 g/mol. The van der Waals surface area contributed by atoms with Crippen molar-refractivity contribution in [1.82, 2.24) is 4.98 Å². The lowest BCUT2D eigenvalue weighted by Crippen LogP contribution is -2.51. The molecule has 0 atom stereocenters. The molecule has 0 spiro atoms. The molecule has 3 aromatic rings. The van der Waals surface area contributed by atoms with Gasteiger partial charge in [0.05, 0.1) is 15.6 Å². The molecule has 0 radical (unpaired) electrons. The largest absolute Gasteiger partial charge is 0.317 e. The van der Waals surface area contributed by atoms with E-state index in [1.165, 1.54) is 24.0 Å². The molecule has 1 N–H and O–H groups in total. The van der Waals surface area contributed by atoms with E-state index in [-0.39, 0.29) is 11.3 Å². The number of thiophene rings is 1. The van der Waals surface area contributed by atoms with Crippen LogP contribution in [0.4, 0.5) is 5.00 Å². The molecule has 5 heteroatoms. The highest BCUT2D eigenvalue weighted by Crippen LogP contribution is 2.60. The van der Waals surface area contributed by atoms with Crippen LogP contribution < -0.4 is 5.32 Å². The number of rotatable bonds is 3. The van der Waals surface area contributed by atoms with Gasteiger partial charge < -0.3 is 5.32 Å². The van der Waals surface area contributed by atoms with E-state index in [0.717, 1.165) is 58.1 Å². The van der Waals surface area contributed by atoms with Gasteiger partial charge in [-0.1, -0.05) is 12.1 Å². The zero-order valence-electron chi connectivity index (χ0n) is 15.1. The Morgan fingerprint density at radius 1 is 1.04 bits per heavy atom. The Balaban J connectivity index is 1.30. The van der Waals surface area contributed by atoms with Crippen molar-refractivity contribution in [3.8, 4) is 10.6 Å². The summed E-state index contributed by atoms with van der Waals surface area (Å²) < 4.78 is 1.19. The third-order valence-electron chi connectivity index (χ3n) is 6.94. The number of nitrogens with zero attached hydrogens (tertiary/aromatic N) is 1. The van der Waals surface area contributed by atoms with Crippen LogP contribution in [0.3, 0.4) is 0 Å². The van der Waals surface area contributed by atoms with E-state index in [4.69, 9.17) is 4.98 Å². The molecule has 4 aliphatic rings. The summed E-state index contributed by atoms with van der Waals surface area (Å²) in [5.41, 5.74) is 1.99.